The smallest absolute Gasteiger partial charge is 0.316 e. The maximum Gasteiger partial charge on any atom is 0.316 e. The molecule has 2 rings (SSSR count). The molecule has 18 heavy (non-hydrogen) atoms. The maximum absolute atomic E-state index is 11.9. The van der Waals surface area contributed by atoms with E-state index in [1.54, 1.807) is 12.4 Å². The van der Waals surface area contributed by atoms with E-state index in [0.717, 1.165) is 12.8 Å². The van der Waals surface area contributed by atoms with Crippen LogP contribution in [0.3, 0.4) is 0 Å². The van der Waals surface area contributed by atoms with Gasteiger partial charge in [-0.2, -0.15) is 0 Å². The van der Waals surface area contributed by atoms with Crippen LogP contribution in [0.2, 0.25) is 0 Å². The lowest BCUT2D eigenvalue weighted by molar-refractivity contribution is -0.122. The lowest BCUT2D eigenvalue weighted by Gasteiger charge is -2.20. The van der Waals surface area contributed by atoms with E-state index in [1.165, 1.54) is 0 Å². The van der Waals surface area contributed by atoms with Crippen LogP contribution in [0.1, 0.15) is 19.8 Å². The van der Waals surface area contributed by atoms with Gasteiger partial charge >= 0.3 is 6.01 Å². The fourth-order valence-electron chi connectivity index (χ4n) is 1.79. The molecule has 98 valence electrons. The van der Waals surface area contributed by atoms with Gasteiger partial charge in [0, 0.05) is 19.1 Å². The SMILES string of the molecule is CCOc1ncc(NC(=O)C2CCOCC2)cn1. The Bertz CT molecular complexity index is 388. The molecule has 0 aromatic carbocycles. The second kappa shape index (κ2) is 6.30. The molecule has 1 aliphatic heterocycles. The second-order valence-electron chi connectivity index (χ2n) is 4.06. The molecule has 1 aromatic rings. The first-order chi connectivity index (χ1) is 8.79. The summed E-state index contributed by atoms with van der Waals surface area (Å²) >= 11 is 0. The van der Waals surface area contributed by atoms with Gasteiger partial charge in [0.25, 0.3) is 0 Å². The third kappa shape index (κ3) is 3.40. The molecule has 6 nitrogen and oxygen atoms in total. The van der Waals surface area contributed by atoms with Crippen LogP contribution >= 0.6 is 0 Å². The zero-order valence-corrected chi connectivity index (χ0v) is 10.4. The number of rotatable bonds is 4. The van der Waals surface area contributed by atoms with E-state index in [4.69, 9.17) is 9.47 Å². The highest BCUT2D eigenvalue weighted by Gasteiger charge is 2.21. The van der Waals surface area contributed by atoms with Crippen molar-refractivity contribution in [3.63, 3.8) is 0 Å². The van der Waals surface area contributed by atoms with Gasteiger partial charge in [0.05, 0.1) is 24.7 Å². The number of nitrogens with one attached hydrogen (secondary N) is 1. The Morgan fingerprint density at radius 2 is 2.11 bits per heavy atom. The van der Waals surface area contributed by atoms with Crippen LogP contribution in [-0.4, -0.2) is 35.7 Å². The van der Waals surface area contributed by atoms with Gasteiger partial charge in [-0.25, -0.2) is 9.97 Å². The fourth-order valence-corrected chi connectivity index (χ4v) is 1.79. The molecule has 1 amide bonds. The number of hydrogen-bond donors (Lipinski definition) is 1. The lowest BCUT2D eigenvalue weighted by Crippen LogP contribution is -2.28. The highest BCUT2D eigenvalue weighted by Crippen LogP contribution is 2.17. The largest absolute Gasteiger partial charge is 0.464 e. The Morgan fingerprint density at radius 1 is 1.44 bits per heavy atom. The summed E-state index contributed by atoms with van der Waals surface area (Å²) in [7, 11) is 0. The summed E-state index contributed by atoms with van der Waals surface area (Å²) in [6.45, 7) is 3.69. The van der Waals surface area contributed by atoms with Crippen molar-refractivity contribution in [2.75, 3.05) is 25.1 Å². The van der Waals surface area contributed by atoms with E-state index in [0.29, 0.717) is 31.5 Å². The Labute approximate surface area is 106 Å². The van der Waals surface area contributed by atoms with Gasteiger partial charge < -0.3 is 14.8 Å². The van der Waals surface area contributed by atoms with Crippen molar-refractivity contribution in [3.8, 4) is 6.01 Å². The van der Waals surface area contributed by atoms with Gasteiger partial charge in [-0.15, -0.1) is 0 Å². The van der Waals surface area contributed by atoms with Crippen LogP contribution < -0.4 is 10.1 Å². The van der Waals surface area contributed by atoms with Gasteiger partial charge in [-0.05, 0) is 19.8 Å². The number of carbonyl (C=O) groups excluding carboxylic acids is 1. The highest BCUT2D eigenvalue weighted by molar-refractivity contribution is 5.92. The molecule has 1 N–H and O–H groups in total. The van der Waals surface area contributed by atoms with Crippen molar-refractivity contribution in [2.45, 2.75) is 19.8 Å². The molecule has 0 radical (unpaired) electrons. The van der Waals surface area contributed by atoms with E-state index in [2.05, 4.69) is 15.3 Å². The molecule has 6 heteroatoms. The van der Waals surface area contributed by atoms with Crippen LogP contribution in [0, 0.1) is 5.92 Å². The molecule has 1 aliphatic rings. The molecular weight excluding hydrogens is 234 g/mol. The molecule has 2 heterocycles. The number of ether oxygens (including phenoxy) is 2. The molecular formula is C12H17N3O3. The van der Waals surface area contributed by atoms with Gasteiger partial charge in [-0.1, -0.05) is 0 Å². The van der Waals surface area contributed by atoms with E-state index in [1.807, 2.05) is 6.92 Å². The van der Waals surface area contributed by atoms with E-state index in [-0.39, 0.29) is 11.8 Å². The zero-order valence-electron chi connectivity index (χ0n) is 10.4. The van der Waals surface area contributed by atoms with Crippen LogP contribution in [0.4, 0.5) is 5.69 Å². The molecule has 1 aromatic heterocycles. The standard InChI is InChI=1S/C12H17N3O3/c1-2-18-12-13-7-10(8-14-12)15-11(16)9-3-5-17-6-4-9/h7-9H,2-6H2,1H3,(H,15,16). The molecule has 0 saturated carbocycles. The third-order valence-corrected chi connectivity index (χ3v) is 2.76. The first-order valence-electron chi connectivity index (χ1n) is 6.13. The van der Waals surface area contributed by atoms with Crippen molar-refractivity contribution in [3.05, 3.63) is 12.4 Å². The molecule has 0 unspecified atom stereocenters. The number of nitrogens with zero attached hydrogens (tertiary/aromatic N) is 2. The lowest BCUT2D eigenvalue weighted by atomic mass is 9.99. The monoisotopic (exact) mass is 251 g/mol. The van der Waals surface area contributed by atoms with Crippen LogP contribution in [0.25, 0.3) is 0 Å². The van der Waals surface area contributed by atoms with Gasteiger partial charge in [-0.3, -0.25) is 4.79 Å². The summed E-state index contributed by atoms with van der Waals surface area (Å²) in [6, 6.07) is 0.321. The molecule has 0 bridgehead atoms. The quantitative estimate of drug-likeness (QED) is 0.871. The first-order valence-corrected chi connectivity index (χ1v) is 6.13. The summed E-state index contributed by atoms with van der Waals surface area (Å²) in [6.07, 6.45) is 4.64. The van der Waals surface area contributed by atoms with E-state index < -0.39 is 0 Å². The third-order valence-electron chi connectivity index (χ3n) is 2.76. The average molecular weight is 251 g/mol. The first kappa shape index (κ1) is 12.8. The molecule has 0 atom stereocenters. The molecule has 1 fully saturated rings. The van der Waals surface area contributed by atoms with Gasteiger partial charge in [0.2, 0.25) is 5.91 Å². The van der Waals surface area contributed by atoms with Crippen molar-refractivity contribution < 1.29 is 14.3 Å². The average Bonchev–Trinajstić information content (AvgIpc) is 2.42. The number of amides is 1. The van der Waals surface area contributed by atoms with Crippen molar-refractivity contribution in [2.24, 2.45) is 5.92 Å². The minimum absolute atomic E-state index is 0.00561. The van der Waals surface area contributed by atoms with Crippen LogP contribution in [-0.2, 0) is 9.53 Å². The Hall–Kier alpha value is -1.69. The normalized spacial score (nSPS) is 16.3. The number of carbonyl (C=O) groups is 1. The summed E-state index contributed by atoms with van der Waals surface area (Å²) < 4.78 is 10.4. The second-order valence-corrected chi connectivity index (χ2v) is 4.06. The minimum Gasteiger partial charge on any atom is -0.464 e. The number of hydrogen-bond acceptors (Lipinski definition) is 5. The predicted octanol–water partition coefficient (Wildman–Crippen LogP) is 1.24. The van der Waals surface area contributed by atoms with E-state index in [9.17, 15) is 4.79 Å². The molecule has 1 saturated heterocycles. The Kier molecular flexibility index (Phi) is 4.46. The highest BCUT2D eigenvalue weighted by atomic mass is 16.5. The topological polar surface area (TPSA) is 73.3 Å². The summed E-state index contributed by atoms with van der Waals surface area (Å²) in [4.78, 5) is 19.9. The Balaban J connectivity index is 1.89. The van der Waals surface area contributed by atoms with Crippen LogP contribution in [0.5, 0.6) is 6.01 Å². The summed E-state index contributed by atoms with van der Waals surface area (Å²) in [5.41, 5.74) is 0.593. The van der Waals surface area contributed by atoms with Gasteiger partial charge in [0.15, 0.2) is 0 Å². The predicted molar refractivity (Wildman–Crippen MR) is 65.4 cm³/mol. The Morgan fingerprint density at radius 3 is 2.72 bits per heavy atom. The van der Waals surface area contributed by atoms with Gasteiger partial charge in [0.1, 0.15) is 0 Å². The summed E-state index contributed by atoms with van der Waals surface area (Å²) in [5, 5.41) is 2.81. The number of aromatic nitrogens is 2. The van der Waals surface area contributed by atoms with E-state index >= 15 is 0 Å². The van der Waals surface area contributed by atoms with Crippen molar-refractivity contribution in [1.29, 1.82) is 0 Å². The molecule has 0 aliphatic carbocycles. The minimum atomic E-state index is 0.00561. The summed E-state index contributed by atoms with van der Waals surface area (Å²) in [5.74, 6) is 0.0244. The van der Waals surface area contributed by atoms with Crippen molar-refractivity contribution >= 4 is 11.6 Å². The van der Waals surface area contributed by atoms with Crippen LogP contribution in [0.15, 0.2) is 12.4 Å². The molecule has 0 spiro atoms. The fraction of sp³-hybridized carbons (Fsp3) is 0.583. The maximum atomic E-state index is 11.9. The zero-order chi connectivity index (χ0) is 12.8. The van der Waals surface area contributed by atoms with Crippen molar-refractivity contribution in [1.82, 2.24) is 9.97 Å². The number of anilines is 1.